The van der Waals surface area contributed by atoms with Crippen LogP contribution in [0.2, 0.25) is 0 Å². The Morgan fingerprint density at radius 3 is 1.48 bits per heavy atom. The van der Waals surface area contributed by atoms with Crippen molar-refractivity contribution in [3.05, 3.63) is 66.2 Å². The fourth-order valence-corrected chi connectivity index (χ4v) is 4.37. The monoisotopic (exact) mass is 423 g/mol. The van der Waals surface area contributed by atoms with Crippen LogP contribution in [0.5, 0.6) is 0 Å². The number of nitrogens with one attached hydrogen (secondary N) is 1. The van der Waals surface area contributed by atoms with Crippen molar-refractivity contribution in [1.29, 1.82) is 0 Å². The summed E-state index contributed by atoms with van der Waals surface area (Å²) in [7, 11) is 1.93. The number of rotatable bonds is 3. The molecule has 0 spiro atoms. The summed E-state index contributed by atoms with van der Waals surface area (Å²) in [6.07, 6.45) is 5.49. The first-order valence-corrected chi connectivity index (χ1v) is 12.2. The highest BCUT2D eigenvalue weighted by Gasteiger charge is 2.44. The van der Waals surface area contributed by atoms with Crippen LogP contribution in [-0.4, -0.2) is 7.05 Å². The maximum absolute atomic E-state index is 4.18. The summed E-state index contributed by atoms with van der Waals surface area (Å²) in [6.45, 7) is 23.5. The van der Waals surface area contributed by atoms with Crippen LogP contribution >= 0.6 is 0 Å². The van der Waals surface area contributed by atoms with Gasteiger partial charge in [-0.15, -0.1) is 0 Å². The molecule has 1 aliphatic carbocycles. The van der Waals surface area contributed by atoms with Crippen molar-refractivity contribution >= 4 is 5.69 Å². The molecule has 0 aromatic heterocycles. The predicted molar refractivity (Wildman–Crippen MR) is 144 cm³/mol. The summed E-state index contributed by atoms with van der Waals surface area (Å²) in [4.78, 5) is 0. The summed E-state index contributed by atoms with van der Waals surface area (Å²) in [5, 5.41) is 3.11. The molecular weight excluding hydrogens is 374 g/mol. The lowest BCUT2D eigenvalue weighted by atomic mass is 9.62. The summed E-state index contributed by atoms with van der Waals surface area (Å²) < 4.78 is 0. The number of aryl methyl sites for hydroxylation is 1. The van der Waals surface area contributed by atoms with Gasteiger partial charge in [-0.05, 0) is 60.8 Å². The molecule has 3 rings (SSSR count). The molecule has 0 radical (unpaired) electrons. The molecule has 31 heavy (non-hydrogen) atoms. The molecule has 2 aromatic rings. The first-order chi connectivity index (χ1) is 14.7. The zero-order valence-electron chi connectivity index (χ0n) is 22.2. The third-order valence-electron chi connectivity index (χ3n) is 6.27. The molecule has 1 aliphatic rings. The number of allylic oxidation sites excluding steroid dienone is 1. The zero-order valence-corrected chi connectivity index (χ0v) is 22.2. The molecule has 1 saturated carbocycles. The van der Waals surface area contributed by atoms with Crippen molar-refractivity contribution in [1.82, 2.24) is 0 Å². The second-order valence-electron chi connectivity index (χ2n) is 9.01. The first kappa shape index (κ1) is 29.0. The summed E-state index contributed by atoms with van der Waals surface area (Å²) >= 11 is 0. The van der Waals surface area contributed by atoms with Crippen molar-refractivity contribution in [3.8, 4) is 11.1 Å². The van der Waals surface area contributed by atoms with E-state index in [1.807, 2.05) is 34.7 Å². The standard InChI is InChI=1S/C14H15N.C12H22.2C2H6/c1-11-3-5-12(6-4-11)13-7-9-14(15-2)10-8-13;1-10(2)12(11(3,4)5)8-6-7-9-12;2*1-2/h3-10,15H,1-2H3;1,6-9H2,2-5H3;2*1-2H3. The maximum Gasteiger partial charge on any atom is 0.0337 e. The van der Waals surface area contributed by atoms with E-state index in [0.717, 1.165) is 5.69 Å². The van der Waals surface area contributed by atoms with E-state index in [1.54, 1.807) is 0 Å². The summed E-state index contributed by atoms with van der Waals surface area (Å²) in [5.41, 5.74) is 7.20. The Hall–Kier alpha value is -2.02. The minimum atomic E-state index is 0.398. The minimum absolute atomic E-state index is 0.398. The molecule has 2 aromatic carbocycles. The summed E-state index contributed by atoms with van der Waals surface area (Å²) in [6, 6.07) is 17.0. The number of anilines is 1. The number of hydrogen-bond acceptors (Lipinski definition) is 1. The van der Waals surface area contributed by atoms with Crippen LogP contribution in [0, 0.1) is 17.8 Å². The largest absolute Gasteiger partial charge is 0.388 e. The van der Waals surface area contributed by atoms with Crippen LogP contribution in [0.1, 0.15) is 86.6 Å². The quantitative estimate of drug-likeness (QED) is 0.484. The molecule has 0 atom stereocenters. The topological polar surface area (TPSA) is 12.0 Å². The van der Waals surface area contributed by atoms with Gasteiger partial charge in [0.25, 0.3) is 0 Å². The molecule has 0 amide bonds. The fraction of sp³-hybridized carbons (Fsp3) is 0.533. The molecule has 0 aliphatic heterocycles. The molecule has 174 valence electrons. The minimum Gasteiger partial charge on any atom is -0.388 e. The smallest absolute Gasteiger partial charge is 0.0337 e. The van der Waals surface area contributed by atoms with Gasteiger partial charge in [0.15, 0.2) is 0 Å². The van der Waals surface area contributed by atoms with Gasteiger partial charge in [-0.25, -0.2) is 0 Å². The van der Waals surface area contributed by atoms with Gasteiger partial charge in [-0.2, -0.15) is 0 Å². The van der Waals surface area contributed by atoms with E-state index >= 15 is 0 Å². The van der Waals surface area contributed by atoms with Gasteiger partial charge in [0, 0.05) is 12.7 Å². The molecule has 1 fully saturated rings. The predicted octanol–water partition coefficient (Wildman–Crippen LogP) is 9.93. The lowest BCUT2D eigenvalue weighted by molar-refractivity contribution is 0.138. The van der Waals surface area contributed by atoms with Gasteiger partial charge in [-0.3, -0.25) is 0 Å². The average molecular weight is 424 g/mol. The summed E-state index contributed by atoms with van der Waals surface area (Å²) in [5.74, 6) is 0. The molecule has 0 saturated heterocycles. The number of benzene rings is 2. The van der Waals surface area contributed by atoms with Crippen LogP contribution in [0.15, 0.2) is 60.7 Å². The van der Waals surface area contributed by atoms with Crippen LogP contribution in [0.3, 0.4) is 0 Å². The van der Waals surface area contributed by atoms with E-state index < -0.39 is 0 Å². The molecule has 0 bridgehead atoms. The highest BCUT2D eigenvalue weighted by molar-refractivity contribution is 5.66. The highest BCUT2D eigenvalue weighted by Crippen LogP contribution is 2.55. The Morgan fingerprint density at radius 2 is 1.19 bits per heavy atom. The van der Waals surface area contributed by atoms with E-state index in [1.165, 1.54) is 47.9 Å². The zero-order chi connectivity index (χ0) is 24.1. The van der Waals surface area contributed by atoms with Crippen LogP contribution < -0.4 is 5.32 Å². The third-order valence-corrected chi connectivity index (χ3v) is 6.27. The maximum atomic E-state index is 4.18. The van der Waals surface area contributed by atoms with Crippen molar-refractivity contribution in [2.24, 2.45) is 10.8 Å². The molecular formula is C30H49N. The van der Waals surface area contributed by atoms with Gasteiger partial charge in [-0.1, -0.05) is 115 Å². The van der Waals surface area contributed by atoms with E-state index in [-0.39, 0.29) is 0 Å². The second-order valence-corrected chi connectivity index (χ2v) is 9.01. The van der Waals surface area contributed by atoms with E-state index in [2.05, 4.69) is 95.0 Å². The van der Waals surface area contributed by atoms with E-state index in [9.17, 15) is 0 Å². The van der Waals surface area contributed by atoms with Crippen molar-refractivity contribution < 1.29 is 0 Å². The molecule has 0 unspecified atom stereocenters. The lowest BCUT2D eigenvalue weighted by Gasteiger charge is -2.43. The lowest BCUT2D eigenvalue weighted by Crippen LogP contribution is -2.33. The molecule has 0 heterocycles. The van der Waals surface area contributed by atoms with Crippen molar-refractivity contribution in [3.63, 3.8) is 0 Å². The Bertz CT molecular complexity index is 723. The Labute approximate surface area is 194 Å². The van der Waals surface area contributed by atoms with E-state index in [4.69, 9.17) is 0 Å². The first-order valence-electron chi connectivity index (χ1n) is 12.2. The number of hydrogen-bond donors (Lipinski definition) is 1. The SMILES string of the molecule is C=C(C)C1(C(C)(C)C)CCCC1.CC.CC.CNc1ccc(-c2ccc(C)cc2)cc1. The normalized spacial score (nSPS) is 14.0. The third kappa shape index (κ3) is 8.20. The van der Waals surface area contributed by atoms with Gasteiger partial charge >= 0.3 is 0 Å². The Kier molecular flexibility index (Phi) is 13.2. The fourth-order valence-electron chi connectivity index (χ4n) is 4.37. The van der Waals surface area contributed by atoms with Gasteiger partial charge < -0.3 is 5.32 Å². The average Bonchev–Trinajstić information content (AvgIpc) is 3.30. The molecule has 1 heteroatoms. The van der Waals surface area contributed by atoms with Gasteiger partial charge in [0.1, 0.15) is 0 Å². The van der Waals surface area contributed by atoms with Crippen LogP contribution in [0.4, 0.5) is 5.69 Å². The Balaban J connectivity index is 0.000000510. The van der Waals surface area contributed by atoms with Crippen LogP contribution in [0.25, 0.3) is 11.1 Å². The van der Waals surface area contributed by atoms with Crippen molar-refractivity contribution in [2.45, 2.75) is 88.0 Å². The Morgan fingerprint density at radius 1 is 0.806 bits per heavy atom. The van der Waals surface area contributed by atoms with E-state index in [0.29, 0.717) is 10.8 Å². The molecule has 1 N–H and O–H groups in total. The highest BCUT2D eigenvalue weighted by atomic mass is 14.8. The van der Waals surface area contributed by atoms with Crippen LogP contribution in [-0.2, 0) is 0 Å². The van der Waals surface area contributed by atoms with Gasteiger partial charge in [0.05, 0.1) is 0 Å². The molecule has 1 nitrogen and oxygen atoms in total. The van der Waals surface area contributed by atoms with Gasteiger partial charge in [0.2, 0.25) is 0 Å². The van der Waals surface area contributed by atoms with Crippen molar-refractivity contribution in [2.75, 3.05) is 12.4 Å². The second kappa shape index (κ2) is 14.1.